The second kappa shape index (κ2) is 6.60. The minimum Gasteiger partial charge on any atom is -0.345 e. The number of nitro benzene ring substituents is 1. The van der Waals surface area contributed by atoms with E-state index in [1.54, 1.807) is 11.8 Å². The molecule has 0 saturated heterocycles. The van der Waals surface area contributed by atoms with Crippen molar-refractivity contribution < 1.29 is 9.72 Å². The Labute approximate surface area is 142 Å². The average Bonchev–Trinajstić information content (AvgIpc) is 2.54. The molecule has 7 heteroatoms. The Hall–Kier alpha value is -2.05. The van der Waals surface area contributed by atoms with Gasteiger partial charge in [0.15, 0.2) is 0 Å². The van der Waals surface area contributed by atoms with Crippen molar-refractivity contribution in [2.24, 2.45) is 0 Å². The van der Waals surface area contributed by atoms with Crippen LogP contribution in [0.4, 0.5) is 5.69 Å². The van der Waals surface area contributed by atoms with Crippen LogP contribution in [0.3, 0.4) is 0 Å². The standard InChI is InChI=1S/C16H13ClN2O3S/c17-11-5-3-6-13(19(21)22)15(11)16(20)18-12-8-9-23-14-7-2-1-4-10(12)14/h1-7,12H,8-9H2,(H,18,20). The molecular weight excluding hydrogens is 336 g/mol. The highest BCUT2D eigenvalue weighted by atomic mass is 35.5. The maximum atomic E-state index is 12.6. The molecule has 1 heterocycles. The fourth-order valence-electron chi connectivity index (χ4n) is 2.61. The van der Waals surface area contributed by atoms with E-state index in [1.165, 1.54) is 18.2 Å². The second-order valence-corrected chi connectivity index (χ2v) is 6.64. The number of hydrogen-bond donors (Lipinski definition) is 1. The van der Waals surface area contributed by atoms with Crippen LogP contribution in [-0.4, -0.2) is 16.6 Å². The highest BCUT2D eigenvalue weighted by Crippen LogP contribution is 2.36. The molecule has 0 spiro atoms. The van der Waals surface area contributed by atoms with Gasteiger partial charge in [-0.15, -0.1) is 11.8 Å². The molecule has 2 aromatic rings. The summed E-state index contributed by atoms with van der Waals surface area (Å²) in [7, 11) is 0. The molecule has 0 saturated carbocycles. The van der Waals surface area contributed by atoms with Gasteiger partial charge in [-0.2, -0.15) is 0 Å². The van der Waals surface area contributed by atoms with Crippen molar-refractivity contribution in [3.05, 3.63) is 68.7 Å². The summed E-state index contributed by atoms with van der Waals surface area (Å²) in [5, 5.41) is 14.1. The number of amides is 1. The Morgan fingerprint density at radius 1 is 1.26 bits per heavy atom. The first-order chi connectivity index (χ1) is 11.1. The van der Waals surface area contributed by atoms with Crippen LogP contribution in [-0.2, 0) is 0 Å². The van der Waals surface area contributed by atoms with Crippen LogP contribution >= 0.6 is 23.4 Å². The van der Waals surface area contributed by atoms with E-state index in [0.29, 0.717) is 0 Å². The van der Waals surface area contributed by atoms with Crippen LogP contribution in [0.15, 0.2) is 47.4 Å². The molecule has 0 bridgehead atoms. The van der Waals surface area contributed by atoms with Gasteiger partial charge in [-0.3, -0.25) is 14.9 Å². The van der Waals surface area contributed by atoms with Crippen LogP contribution in [0, 0.1) is 10.1 Å². The zero-order chi connectivity index (χ0) is 16.4. The second-order valence-electron chi connectivity index (χ2n) is 5.09. The summed E-state index contributed by atoms with van der Waals surface area (Å²) < 4.78 is 0. The monoisotopic (exact) mass is 348 g/mol. The van der Waals surface area contributed by atoms with Crippen LogP contribution in [0.5, 0.6) is 0 Å². The highest BCUT2D eigenvalue weighted by molar-refractivity contribution is 7.99. The molecule has 2 aromatic carbocycles. The van der Waals surface area contributed by atoms with Crippen molar-refractivity contribution in [3.8, 4) is 0 Å². The van der Waals surface area contributed by atoms with Gasteiger partial charge in [0.25, 0.3) is 11.6 Å². The lowest BCUT2D eigenvalue weighted by Crippen LogP contribution is -2.31. The third-order valence-electron chi connectivity index (χ3n) is 3.68. The van der Waals surface area contributed by atoms with Gasteiger partial charge in [0, 0.05) is 16.7 Å². The van der Waals surface area contributed by atoms with Gasteiger partial charge >= 0.3 is 0 Å². The molecule has 23 heavy (non-hydrogen) atoms. The molecule has 1 amide bonds. The lowest BCUT2D eigenvalue weighted by Gasteiger charge is -2.26. The fraction of sp³-hybridized carbons (Fsp3) is 0.188. The summed E-state index contributed by atoms with van der Waals surface area (Å²) in [5.41, 5.74) is 0.662. The topological polar surface area (TPSA) is 72.2 Å². The molecule has 1 aliphatic heterocycles. The summed E-state index contributed by atoms with van der Waals surface area (Å²) in [6.45, 7) is 0. The van der Waals surface area contributed by atoms with E-state index in [9.17, 15) is 14.9 Å². The Bertz CT molecular complexity index is 782. The van der Waals surface area contributed by atoms with Gasteiger partial charge < -0.3 is 5.32 Å². The molecular formula is C16H13ClN2O3S. The van der Waals surface area contributed by atoms with Gasteiger partial charge in [0.05, 0.1) is 16.0 Å². The molecule has 1 aliphatic rings. The smallest absolute Gasteiger partial charge is 0.283 e. The van der Waals surface area contributed by atoms with Gasteiger partial charge in [-0.25, -0.2) is 0 Å². The van der Waals surface area contributed by atoms with Gasteiger partial charge in [0.1, 0.15) is 5.56 Å². The number of carbonyl (C=O) groups is 1. The molecule has 1 unspecified atom stereocenters. The molecule has 5 nitrogen and oxygen atoms in total. The lowest BCUT2D eigenvalue weighted by atomic mass is 10.0. The summed E-state index contributed by atoms with van der Waals surface area (Å²) in [6.07, 6.45) is 0.770. The summed E-state index contributed by atoms with van der Waals surface area (Å²) >= 11 is 7.76. The molecule has 3 rings (SSSR count). The van der Waals surface area contributed by atoms with E-state index in [2.05, 4.69) is 5.32 Å². The highest BCUT2D eigenvalue weighted by Gasteiger charge is 2.27. The van der Waals surface area contributed by atoms with Crippen LogP contribution in [0.25, 0.3) is 0 Å². The Morgan fingerprint density at radius 2 is 2.04 bits per heavy atom. The van der Waals surface area contributed by atoms with E-state index >= 15 is 0 Å². The quantitative estimate of drug-likeness (QED) is 0.666. The van der Waals surface area contributed by atoms with Gasteiger partial charge in [-0.05, 0) is 24.1 Å². The number of nitro groups is 1. The normalized spacial score (nSPS) is 16.5. The van der Waals surface area contributed by atoms with Gasteiger partial charge in [0.2, 0.25) is 0 Å². The molecule has 0 radical (unpaired) electrons. The fourth-order valence-corrected chi connectivity index (χ4v) is 3.99. The first kappa shape index (κ1) is 15.8. The first-order valence-electron chi connectivity index (χ1n) is 7.03. The predicted octanol–water partition coefficient (Wildman–Crippen LogP) is 4.22. The minimum atomic E-state index is -0.592. The summed E-state index contributed by atoms with van der Waals surface area (Å²) in [5.74, 6) is 0.362. The van der Waals surface area contributed by atoms with Crippen LogP contribution in [0.2, 0.25) is 5.02 Å². The largest absolute Gasteiger partial charge is 0.345 e. The van der Waals surface area contributed by atoms with Crippen molar-refractivity contribution in [2.45, 2.75) is 17.4 Å². The zero-order valence-electron chi connectivity index (χ0n) is 12.0. The first-order valence-corrected chi connectivity index (χ1v) is 8.40. The third-order valence-corrected chi connectivity index (χ3v) is 5.12. The number of carbonyl (C=O) groups excluding carboxylic acids is 1. The SMILES string of the molecule is O=C(NC1CCSc2ccccc21)c1c(Cl)cccc1[N+](=O)[O-]. The van der Waals surface area contributed by atoms with E-state index in [0.717, 1.165) is 22.6 Å². The van der Waals surface area contributed by atoms with Crippen molar-refractivity contribution in [2.75, 3.05) is 5.75 Å². The molecule has 0 fully saturated rings. The molecule has 1 atom stereocenters. The molecule has 118 valence electrons. The number of halogens is 1. The number of fused-ring (bicyclic) bond motifs is 1. The number of hydrogen-bond acceptors (Lipinski definition) is 4. The Kier molecular flexibility index (Phi) is 4.54. The predicted molar refractivity (Wildman–Crippen MR) is 90.1 cm³/mol. The zero-order valence-corrected chi connectivity index (χ0v) is 13.6. The number of benzene rings is 2. The third kappa shape index (κ3) is 3.18. The Balaban J connectivity index is 1.91. The van der Waals surface area contributed by atoms with Crippen molar-refractivity contribution in [1.82, 2.24) is 5.32 Å². The van der Waals surface area contributed by atoms with E-state index in [-0.39, 0.29) is 22.3 Å². The van der Waals surface area contributed by atoms with Crippen molar-refractivity contribution in [3.63, 3.8) is 0 Å². The van der Waals surface area contributed by atoms with Crippen molar-refractivity contribution >= 4 is 35.0 Å². The maximum absolute atomic E-state index is 12.6. The molecule has 0 aliphatic carbocycles. The average molecular weight is 349 g/mol. The number of thioether (sulfide) groups is 1. The van der Waals surface area contributed by atoms with Gasteiger partial charge in [-0.1, -0.05) is 35.9 Å². The minimum absolute atomic E-state index is 0.0789. The number of rotatable bonds is 3. The summed E-state index contributed by atoms with van der Waals surface area (Å²) in [4.78, 5) is 24.2. The van der Waals surface area contributed by atoms with E-state index in [4.69, 9.17) is 11.6 Å². The summed E-state index contributed by atoms with van der Waals surface area (Å²) in [6, 6.07) is 11.9. The van der Waals surface area contributed by atoms with E-state index < -0.39 is 10.8 Å². The van der Waals surface area contributed by atoms with Crippen molar-refractivity contribution in [1.29, 1.82) is 0 Å². The molecule has 1 N–H and O–H groups in total. The van der Waals surface area contributed by atoms with E-state index in [1.807, 2.05) is 24.3 Å². The van der Waals surface area contributed by atoms with Crippen LogP contribution in [0.1, 0.15) is 28.4 Å². The molecule has 0 aromatic heterocycles. The number of nitrogens with zero attached hydrogens (tertiary/aromatic N) is 1. The lowest BCUT2D eigenvalue weighted by molar-refractivity contribution is -0.385. The maximum Gasteiger partial charge on any atom is 0.283 e. The Morgan fingerprint density at radius 3 is 2.83 bits per heavy atom. The number of nitrogens with one attached hydrogen (secondary N) is 1. The van der Waals surface area contributed by atoms with Crippen LogP contribution < -0.4 is 5.32 Å².